The number of nitrogens with one attached hydrogen (secondary N) is 1. The first-order valence-electron chi connectivity index (χ1n) is 6.16. The van der Waals surface area contributed by atoms with Crippen molar-refractivity contribution >= 4 is 28.9 Å². The van der Waals surface area contributed by atoms with E-state index in [9.17, 15) is 13.2 Å². The maximum Gasteiger partial charge on any atom is 0.416 e. The topological polar surface area (TPSA) is 12.0 Å². The van der Waals surface area contributed by atoms with Gasteiger partial charge in [-0.25, -0.2) is 0 Å². The zero-order valence-corrected chi connectivity index (χ0v) is 12.5. The molecule has 0 spiro atoms. The summed E-state index contributed by atoms with van der Waals surface area (Å²) in [6.07, 6.45) is -4.33. The quantitative estimate of drug-likeness (QED) is 0.706. The normalized spacial score (nSPS) is 13.0. The summed E-state index contributed by atoms with van der Waals surface area (Å²) < 4.78 is 37.5. The smallest absolute Gasteiger partial charge is 0.378 e. The fourth-order valence-corrected chi connectivity index (χ4v) is 2.51. The lowest BCUT2D eigenvalue weighted by Crippen LogP contribution is -2.08. The zero-order valence-electron chi connectivity index (χ0n) is 11.0. The molecular weight excluding hydrogens is 322 g/mol. The lowest BCUT2D eigenvalue weighted by atomic mass is 10.1. The first-order valence-corrected chi connectivity index (χ1v) is 6.91. The summed E-state index contributed by atoms with van der Waals surface area (Å²) >= 11 is 11.9. The van der Waals surface area contributed by atoms with E-state index in [1.54, 1.807) is 18.2 Å². The zero-order chi connectivity index (χ0) is 15.6. The molecule has 0 heterocycles. The van der Waals surface area contributed by atoms with E-state index in [4.69, 9.17) is 23.2 Å². The summed E-state index contributed by atoms with van der Waals surface area (Å²) in [5.41, 5.74) is 0.729. The Morgan fingerprint density at radius 1 is 1.00 bits per heavy atom. The van der Waals surface area contributed by atoms with Crippen molar-refractivity contribution in [3.63, 3.8) is 0 Å². The fourth-order valence-electron chi connectivity index (χ4n) is 1.94. The molecule has 0 radical (unpaired) electrons. The van der Waals surface area contributed by atoms with Crippen molar-refractivity contribution in [1.82, 2.24) is 0 Å². The maximum atomic E-state index is 12.5. The highest BCUT2D eigenvalue weighted by Crippen LogP contribution is 2.31. The van der Waals surface area contributed by atoms with E-state index in [-0.39, 0.29) is 6.04 Å². The second-order valence-electron chi connectivity index (χ2n) is 4.61. The number of halogens is 5. The number of hydrogen-bond acceptors (Lipinski definition) is 1. The van der Waals surface area contributed by atoms with E-state index < -0.39 is 11.7 Å². The first-order chi connectivity index (χ1) is 9.77. The molecule has 2 aromatic carbocycles. The first kappa shape index (κ1) is 16.0. The van der Waals surface area contributed by atoms with Crippen molar-refractivity contribution < 1.29 is 13.2 Å². The lowest BCUT2D eigenvalue weighted by Gasteiger charge is -2.17. The number of rotatable bonds is 3. The molecule has 0 aromatic heterocycles. The molecule has 1 atom stereocenters. The second kappa shape index (κ2) is 6.16. The monoisotopic (exact) mass is 333 g/mol. The average Bonchev–Trinajstić information content (AvgIpc) is 2.38. The van der Waals surface area contributed by atoms with Crippen LogP contribution in [0.3, 0.4) is 0 Å². The van der Waals surface area contributed by atoms with Gasteiger partial charge in [-0.15, -0.1) is 0 Å². The summed E-state index contributed by atoms with van der Waals surface area (Å²) in [5.74, 6) is 0. The highest BCUT2D eigenvalue weighted by atomic mass is 35.5. The van der Waals surface area contributed by atoms with Crippen LogP contribution in [-0.2, 0) is 6.18 Å². The van der Waals surface area contributed by atoms with Gasteiger partial charge in [0.25, 0.3) is 0 Å². The van der Waals surface area contributed by atoms with Crippen LogP contribution in [0.1, 0.15) is 24.1 Å². The van der Waals surface area contributed by atoms with Crippen molar-refractivity contribution in [2.45, 2.75) is 19.1 Å². The number of benzene rings is 2. The molecule has 0 bridgehead atoms. The largest absolute Gasteiger partial charge is 0.416 e. The van der Waals surface area contributed by atoms with Gasteiger partial charge >= 0.3 is 6.18 Å². The Morgan fingerprint density at radius 2 is 1.62 bits per heavy atom. The van der Waals surface area contributed by atoms with Gasteiger partial charge in [0, 0.05) is 21.8 Å². The standard InChI is InChI=1S/C15H12Cl2F3N/c1-9(13-7-4-11(16)8-14(13)17)21-12-5-2-10(3-6-12)15(18,19)20/h2-9,21H,1H3. The third-order valence-electron chi connectivity index (χ3n) is 3.02. The molecule has 0 fully saturated rings. The molecule has 0 aliphatic rings. The number of anilines is 1. The van der Waals surface area contributed by atoms with E-state index in [1.165, 1.54) is 12.1 Å². The van der Waals surface area contributed by atoms with E-state index in [1.807, 2.05) is 6.92 Å². The molecule has 2 aromatic rings. The second-order valence-corrected chi connectivity index (χ2v) is 5.45. The van der Waals surface area contributed by atoms with Crippen molar-refractivity contribution in [2.24, 2.45) is 0 Å². The van der Waals surface area contributed by atoms with Gasteiger partial charge < -0.3 is 5.32 Å². The van der Waals surface area contributed by atoms with Crippen LogP contribution in [0.15, 0.2) is 42.5 Å². The molecule has 6 heteroatoms. The molecule has 1 N–H and O–H groups in total. The van der Waals surface area contributed by atoms with Crippen LogP contribution >= 0.6 is 23.2 Å². The Morgan fingerprint density at radius 3 is 2.14 bits per heavy atom. The Hall–Kier alpha value is -1.39. The lowest BCUT2D eigenvalue weighted by molar-refractivity contribution is -0.137. The van der Waals surface area contributed by atoms with Gasteiger partial charge in [-0.3, -0.25) is 0 Å². The highest BCUT2D eigenvalue weighted by molar-refractivity contribution is 6.35. The molecule has 0 saturated heterocycles. The molecule has 0 aliphatic heterocycles. The molecule has 0 saturated carbocycles. The molecule has 0 amide bonds. The summed E-state index contributed by atoms with van der Waals surface area (Å²) in [5, 5.41) is 4.14. The summed E-state index contributed by atoms with van der Waals surface area (Å²) in [6, 6.07) is 9.83. The molecule has 1 nitrogen and oxygen atoms in total. The van der Waals surface area contributed by atoms with Gasteiger partial charge in [-0.1, -0.05) is 29.3 Å². The van der Waals surface area contributed by atoms with Gasteiger partial charge in [0.1, 0.15) is 0 Å². The van der Waals surface area contributed by atoms with Gasteiger partial charge in [-0.05, 0) is 48.9 Å². The Bertz CT molecular complexity index is 624. The summed E-state index contributed by atoms with van der Waals surface area (Å²) in [6.45, 7) is 1.87. The Balaban J connectivity index is 2.14. The predicted octanol–water partition coefficient (Wildman–Crippen LogP) is 6.19. The average molecular weight is 334 g/mol. The van der Waals surface area contributed by atoms with Gasteiger partial charge in [0.15, 0.2) is 0 Å². The third-order valence-corrected chi connectivity index (χ3v) is 3.59. The Labute approximate surface area is 130 Å². The van der Waals surface area contributed by atoms with Gasteiger partial charge in [-0.2, -0.15) is 13.2 Å². The van der Waals surface area contributed by atoms with Crippen molar-refractivity contribution in [2.75, 3.05) is 5.32 Å². The van der Waals surface area contributed by atoms with Crippen LogP contribution in [-0.4, -0.2) is 0 Å². The van der Waals surface area contributed by atoms with Crippen molar-refractivity contribution in [3.8, 4) is 0 Å². The van der Waals surface area contributed by atoms with Gasteiger partial charge in [0.2, 0.25) is 0 Å². The van der Waals surface area contributed by atoms with E-state index in [0.29, 0.717) is 15.7 Å². The molecule has 1 unspecified atom stereocenters. The van der Waals surface area contributed by atoms with E-state index in [0.717, 1.165) is 17.7 Å². The van der Waals surface area contributed by atoms with Crippen LogP contribution in [0.5, 0.6) is 0 Å². The van der Waals surface area contributed by atoms with Crippen LogP contribution in [0.2, 0.25) is 10.0 Å². The summed E-state index contributed by atoms with van der Waals surface area (Å²) in [7, 11) is 0. The highest BCUT2D eigenvalue weighted by Gasteiger charge is 2.29. The summed E-state index contributed by atoms with van der Waals surface area (Å²) in [4.78, 5) is 0. The predicted molar refractivity (Wildman–Crippen MR) is 79.9 cm³/mol. The van der Waals surface area contributed by atoms with Crippen molar-refractivity contribution in [3.05, 3.63) is 63.6 Å². The van der Waals surface area contributed by atoms with E-state index >= 15 is 0 Å². The molecule has 2 rings (SSSR count). The maximum absolute atomic E-state index is 12.5. The molecule has 112 valence electrons. The number of hydrogen-bond donors (Lipinski definition) is 1. The van der Waals surface area contributed by atoms with Crippen molar-refractivity contribution in [1.29, 1.82) is 0 Å². The minimum atomic E-state index is -4.33. The number of alkyl halides is 3. The minimum absolute atomic E-state index is 0.161. The van der Waals surface area contributed by atoms with Crippen LogP contribution < -0.4 is 5.32 Å². The van der Waals surface area contributed by atoms with Crippen LogP contribution in [0.4, 0.5) is 18.9 Å². The molecule has 0 aliphatic carbocycles. The van der Waals surface area contributed by atoms with E-state index in [2.05, 4.69) is 5.32 Å². The molecule has 21 heavy (non-hydrogen) atoms. The molecular formula is C15H12Cl2F3N. The minimum Gasteiger partial charge on any atom is -0.378 e. The third kappa shape index (κ3) is 4.05. The van der Waals surface area contributed by atoms with Crippen LogP contribution in [0, 0.1) is 0 Å². The van der Waals surface area contributed by atoms with Gasteiger partial charge in [0.05, 0.1) is 5.56 Å². The SMILES string of the molecule is CC(Nc1ccc(C(F)(F)F)cc1)c1ccc(Cl)cc1Cl. The van der Waals surface area contributed by atoms with Crippen LogP contribution in [0.25, 0.3) is 0 Å². The Kier molecular flexibility index (Phi) is 4.69. The fraction of sp³-hybridized carbons (Fsp3) is 0.200.